The number of likely N-dealkylation sites (tertiary alicyclic amines) is 1. The minimum Gasteiger partial charge on any atom is -0.480 e. The fourth-order valence-electron chi connectivity index (χ4n) is 2.26. The lowest BCUT2D eigenvalue weighted by molar-refractivity contribution is -0.165. The van der Waals surface area contributed by atoms with E-state index in [2.05, 4.69) is 36.0 Å². The van der Waals surface area contributed by atoms with E-state index < -0.39 is 5.97 Å². The largest absolute Gasteiger partial charge is 0.480 e. The predicted octanol–water partition coefficient (Wildman–Crippen LogP) is 2.12. The average Bonchev–Trinajstić information content (AvgIpc) is 2.72. The Labute approximate surface area is 123 Å². The SMILES string of the molecule is CC1(OCC(=O)O)CN(Cc2nc(C(C)(C)C)cs2)C1. The number of hydrogen-bond acceptors (Lipinski definition) is 5. The molecule has 6 heteroatoms. The summed E-state index contributed by atoms with van der Waals surface area (Å²) in [5, 5.41) is 11.9. The molecule has 1 aliphatic rings. The Kier molecular flexibility index (Phi) is 4.18. The van der Waals surface area contributed by atoms with Crippen molar-refractivity contribution < 1.29 is 14.6 Å². The van der Waals surface area contributed by atoms with Crippen LogP contribution in [-0.4, -0.2) is 46.3 Å². The number of aromatic nitrogens is 1. The summed E-state index contributed by atoms with van der Waals surface area (Å²) in [6.07, 6.45) is 0. The number of carboxylic acid groups (broad SMARTS) is 1. The molecule has 2 heterocycles. The molecule has 5 nitrogen and oxygen atoms in total. The second-order valence-electron chi connectivity index (χ2n) is 6.65. The van der Waals surface area contributed by atoms with E-state index in [-0.39, 0.29) is 17.6 Å². The topological polar surface area (TPSA) is 62.7 Å². The average molecular weight is 298 g/mol. The van der Waals surface area contributed by atoms with Gasteiger partial charge >= 0.3 is 5.97 Å². The van der Waals surface area contributed by atoms with Crippen molar-refractivity contribution in [3.63, 3.8) is 0 Å². The third-order valence-corrected chi connectivity index (χ3v) is 4.17. The maximum Gasteiger partial charge on any atom is 0.329 e. The van der Waals surface area contributed by atoms with Crippen LogP contribution >= 0.6 is 11.3 Å². The van der Waals surface area contributed by atoms with E-state index in [1.165, 1.54) is 0 Å². The second-order valence-corrected chi connectivity index (χ2v) is 7.60. The van der Waals surface area contributed by atoms with Gasteiger partial charge in [0.25, 0.3) is 0 Å². The number of aliphatic carboxylic acids is 1. The molecular weight excluding hydrogens is 276 g/mol. The number of carbonyl (C=O) groups is 1. The number of thiazole rings is 1. The molecule has 1 fully saturated rings. The maximum atomic E-state index is 10.5. The molecule has 1 aliphatic heterocycles. The zero-order chi connectivity index (χ0) is 15.0. The first kappa shape index (κ1) is 15.4. The summed E-state index contributed by atoms with van der Waals surface area (Å²) >= 11 is 1.68. The van der Waals surface area contributed by atoms with Crippen LogP contribution in [0.5, 0.6) is 0 Å². The Morgan fingerprint density at radius 2 is 2.20 bits per heavy atom. The summed E-state index contributed by atoms with van der Waals surface area (Å²) in [7, 11) is 0. The molecule has 20 heavy (non-hydrogen) atoms. The normalized spacial score (nSPS) is 18.8. The van der Waals surface area contributed by atoms with E-state index in [4.69, 9.17) is 9.84 Å². The number of carboxylic acids is 1. The summed E-state index contributed by atoms with van der Waals surface area (Å²) in [5.41, 5.74) is 0.883. The highest BCUT2D eigenvalue weighted by molar-refractivity contribution is 7.09. The Bertz CT molecular complexity index is 487. The lowest BCUT2D eigenvalue weighted by atomic mass is 9.93. The molecule has 112 valence electrons. The van der Waals surface area contributed by atoms with Gasteiger partial charge in [-0.05, 0) is 6.92 Å². The molecule has 0 aliphatic carbocycles. The van der Waals surface area contributed by atoms with Gasteiger partial charge in [0.05, 0.1) is 17.8 Å². The fraction of sp³-hybridized carbons (Fsp3) is 0.714. The van der Waals surface area contributed by atoms with Crippen molar-refractivity contribution >= 4 is 17.3 Å². The van der Waals surface area contributed by atoms with Crippen LogP contribution in [0.15, 0.2) is 5.38 Å². The van der Waals surface area contributed by atoms with Gasteiger partial charge in [0.1, 0.15) is 11.6 Å². The Morgan fingerprint density at radius 3 is 2.70 bits per heavy atom. The zero-order valence-corrected chi connectivity index (χ0v) is 13.3. The van der Waals surface area contributed by atoms with Crippen LogP contribution in [0.2, 0.25) is 0 Å². The molecule has 2 rings (SSSR count). The smallest absolute Gasteiger partial charge is 0.329 e. The van der Waals surface area contributed by atoms with Crippen molar-refractivity contribution in [1.82, 2.24) is 9.88 Å². The van der Waals surface area contributed by atoms with E-state index in [1.54, 1.807) is 11.3 Å². The lowest BCUT2D eigenvalue weighted by Crippen LogP contribution is -2.61. The molecule has 1 aromatic heterocycles. The molecule has 0 atom stereocenters. The van der Waals surface area contributed by atoms with Crippen molar-refractivity contribution in [2.45, 2.75) is 45.3 Å². The van der Waals surface area contributed by atoms with E-state index in [1.807, 2.05) is 6.92 Å². The molecule has 0 bridgehead atoms. The highest BCUT2D eigenvalue weighted by Crippen LogP contribution is 2.29. The minimum absolute atomic E-state index is 0.0861. The first-order valence-electron chi connectivity index (χ1n) is 6.71. The highest BCUT2D eigenvalue weighted by Gasteiger charge is 2.40. The Hall–Kier alpha value is -0.980. The van der Waals surface area contributed by atoms with Crippen LogP contribution in [0.1, 0.15) is 38.4 Å². The van der Waals surface area contributed by atoms with Gasteiger partial charge < -0.3 is 9.84 Å². The molecule has 1 aromatic rings. The Morgan fingerprint density at radius 1 is 1.55 bits per heavy atom. The molecule has 1 N–H and O–H groups in total. The summed E-state index contributed by atoms with van der Waals surface area (Å²) in [6.45, 7) is 10.5. The summed E-state index contributed by atoms with van der Waals surface area (Å²) in [5.74, 6) is -0.917. The monoisotopic (exact) mass is 298 g/mol. The van der Waals surface area contributed by atoms with Crippen molar-refractivity contribution in [2.24, 2.45) is 0 Å². The highest BCUT2D eigenvalue weighted by atomic mass is 32.1. The molecule has 0 radical (unpaired) electrons. The van der Waals surface area contributed by atoms with Gasteiger partial charge in [0.15, 0.2) is 0 Å². The van der Waals surface area contributed by atoms with Crippen LogP contribution < -0.4 is 0 Å². The molecule has 1 saturated heterocycles. The predicted molar refractivity (Wildman–Crippen MR) is 78.1 cm³/mol. The molecule has 0 aromatic carbocycles. The maximum absolute atomic E-state index is 10.5. The van der Waals surface area contributed by atoms with Gasteiger partial charge in [-0.1, -0.05) is 20.8 Å². The minimum atomic E-state index is -0.917. The van der Waals surface area contributed by atoms with Gasteiger partial charge in [-0.15, -0.1) is 11.3 Å². The van der Waals surface area contributed by atoms with Crippen LogP contribution in [0.25, 0.3) is 0 Å². The summed E-state index contributed by atoms with van der Waals surface area (Å²) in [4.78, 5) is 17.4. The number of hydrogen-bond donors (Lipinski definition) is 1. The van der Waals surface area contributed by atoms with Gasteiger partial charge in [-0.3, -0.25) is 4.90 Å². The first-order chi connectivity index (χ1) is 9.18. The fourth-order valence-corrected chi connectivity index (χ4v) is 3.32. The van der Waals surface area contributed by atoms with Crippen molar-refractivity contribution in [1.29, 1.82) is 0 Å². The van der Waals surface area contributed by atoms with Crippen molar-refractivity contribution in [3.8, 4) is 0 Å². The van der Waals surface area contributed by atoms with Crippen LogP contribution in [0.3, 0.4) is 0 Å². The third kappa shape index (κ3) is 3.77. The quantitative estimate of drug-likeness (QED) is 0.902. The van der Waals surface area contributed by atoms with Gasteiger partial charge in [0.2, 0.25) is 0 Å². The molecule has 0 unspecified atom stereocenters. The Balaban J connectivity index is 1.82. The van der Waals surface area contributed by atoms with Gasteiger partial charge in [-0.25, -0.2) is 9.78 Å². The molecule has 0 amide bonds. The summed E-state index contributed by atoms with van der Waals surface area (Å²) in [6, 6.07) is 0. The van der Waals surface area contributed by atoms with Gasteiger partial charge in [0, 0.05) is 23.9 Å². The van der Waals surface area contributed by atoms with Crippen molar-refractivity contribution in [3.05, 3.63) is 16.1 Å². The number of nitrogens with zero attached hydrogens (tertiary/aromatic N) is 2. The first-order valence-corrected chi connectivity index (χ1v) is 7.59. The van der Waals surface area contributed by atoms with Crippen LogP contribution in [0, 0.1) is 0 Å². The molecular formula is C14H22N2O3S. The number of rotatable bonds is 5. The number of ether oxygens (including phenoxy) is 1. The summed E-state index contributed by atoms with van der Waals surface area (Å²) < 4.78 is 5.40. The van der Waals surface area contributed by atoms with E-state index >= 15 is 0 Å². The second kappa shape index (κ2) is 5.42. The van der Waals surface area contributed by atoms with E-state index in [0.717, 1.165) is 30.3 Å². The van der Waals surface area contributed by atoms with Crippen LogP contribution in [0.4, 0.5) is 0 Å². The van der Waals surface area contributed by atoms with Crippen LogP contribution in [-0.2, 0) is 21.5 Å². The standard InChI is InChI=1S/C14H22N2O3S/c1-13(2,3)10-7-20-11(15-10)5-16-8-14(4,9-16)19-6-12(17)18/h7H,5-6,8-9H2,1-4H3,(H,17,18). The molecule has 0 spiro atoms. The zero-order valence-electron chi connectivity index (χ0n) is 12.5. The lowest BCUT2D eigenvalue weighted by Gasteiger charge is -2.47. The van der Waals surface area contributed by atoms with E-state index in [9.17, 15) is 4.79 Å². The van der Waals surface area contributed by atoms with E-state index in [0.29, 0.717) is 0 Å². The third-order valence-electron chi connectivity index (χ3n) is 3.34. The molecule has 0 saturated carbocycles. The van der Waals surface area contributed by atoms with Gasteiger partial charge in [-0.2, -0.15) is 0 Å². The van der Waals surface area contributed by atoms with Crippen molar-refractivity contribution in [2.75, 3.05) is 19.7 Å².